The van der Waals surface area contributed by atoms with Gasteiger partial charge in [0.1, 0.15) is 0 Å². The van der Waals surface area contributed by atoms with Gasteiger partial charge in [-0.25, -0.2) is 8.42 Å². The van der Waals surface area contributed by atoms with Gasteiger partial charge in [-0.1, -0.05) is 22.9 Å². The summed E-state index contributed by atoms with van der Waals surface area (Å²) in [5.41, 5.74) is 0. The van der Waals surface area contributed by atoms with Gasteiger partial charge in [-0.2, -0.15) is 4.31 Å². The molecule has 2 atom stereocenters. The number of halogens is 2. The second-order valence-electron chi connectivity index (χ2n) is 4.62. The van der Waals surface area contributed by atoms with Crippen molar-refractivity contribution in [2.75, 3.05) is 13.1 Å². The van der Waals surface area contributed by atoms with E-state index in [1.54, 1.807) is 10.4 Å². The summed E-state index contributed by atoms with van der Waals surface area (Å²) in [7, 11) is -3.34. The first-order chi connectivity index (χ1) is 8.32. The first kappa shape index (κ1) is 15.0. The summed E-state index contributed by atoms with van der Waals surface area (Å²) < 4.78 is 27.6. The smallest absolute Gasteiger partial charge is 0.207 e. The maximum absolute atomic E-state index is 12.6. The van der Waals surface area contributed by atoms with Gasteiger partial charge >= 0.3 is 0 Å². The van der Waals surface area contributed by atoms with Crippen LogP contribution in [0.2, 0.25) is 0 Å². The average molecular weight is 417 g/mol. The zero-order valence-electron chi connectivity index (χ0n) is 10.2. The molecule has 0 radical (unpaired) electrons. The number of aryl methyl sites for hydroxylation is 1. The SMILES string of the molecule is Cc1sc(Br)cc1S(=O)(=O)N1CCC(Br)C(C)C1. The Bertz CT molecular complexity index is 541. The maximum atomic E-state index is 12.6. The van der Waals surface area contributed by atoms with E-state index in [4.69, 9.17) is 0 Å². The molecular weight excluding hydrogens is 402 g/mol. The molecule has 1 aliphatic rings. The minimum atomic E-state index is -3.34. The molecule has 2 rings (SSSR count). The highest BCUT2D eigenvalue weighted by atomic mass is 79.9. The normalized spacial score (nSPS) is 26.4. The van der Waals surface area contributed by atoms with Crippen LogP contribution in [-0.4, -0.2) is 30.6 Å². The zero-order valence-corrected chi connectivity index (χ0v) is 15.0. The molecule has 0 spiro atoms. The van der Waals surface area contributed by atoms with Crippen LogP contribution >= 0.6 is 43.2 Å². The van der Waals surface area contributed by atoms with E-state index in [1.807, 2.05) is 6.92 Å². The summed E-state index contributed by atoms with van der Waals surface area (Å²) >= 11 is 8.41. The molecule has 1 aromatic heterocycles. The highest BCUT2D eigenvalue weighted by molar-refractivity contribution is 9.11. The second kappa shape index (κ2) is 5.52. The van der Waals surface area contributed by atoms with Crippen LogP contribution in [0.25, 0.3) is 0 Å². The predicted molar refractivity (Wildman–Crippen MR) is 82.0 cm³/mol. The van der Waals surface area contributed by atoms with Crippen LogP contribution < -0.4 is 0 Å². The Kier molecular flexibility index (Phi) is 4.59. The number of rotatable bonds is 2. The number of thiophene rings is 1. The Morgan fingerprint density at radius 1 is 1.50 bits per heavy atom. The van der Waals surface area contributed by atoms with Crippen LogP contribution in [0.4, 0.5) is 0 Å². The summed E-state index contributed by atoms with van der Waals surface area (Å²) in [5.74, 6) is 0.343. The van der Waals surface area contributed by atoms with Gasteiger partial charge in [0.25, 0.3) is 0 Å². The Balaban J connectivity index is 2.29. The van der Waals surface area contributed by atoms with E-state index in [-0.39, 0.29) is 0 Å². The van der Waals surface area contributed by atoms with Gasteiger partial charge in [0.2, 0.25) is 10.0 Å². The van der Waals surface area contributed by atoms with Crippen molar-refractivity contribution < 1.29 is 8.42 Å². The fourth-order valence-corrected chi connectivity index (χ4v) is 6.43. The lowest BCUT2D eigenvalue weighted by molar-refractivity contribution is 0.291. The Morgan fingerprint density at radius 2 is 2.17 bits per heavy atom. The second-order valence-corrected chi connectivity index (χ2v) is 10.3. The average Bonchev–Trinajstić information content (AvgIpc) is 2.62. The molecule has 102 valence electrons. The predicted octanol–water partition coefficient (Wildman–Crippen LogP) is 3.61. The van der Waals surface area contributed by atoms with Crippen molar-refractivity contribution in [3.63, 3.8) is 0 Å². The zero-order chi connectivity index (χ0) is 13.5. The highest BCUT2D eigenvalue weighted by Gasteiger charge is 2.33. The molecule has 0 amide bonds. The van der Waals surface area contributed by atoms with Crippen molar-refractivity contribution in [3.8, 4) is 0 Å². The fraction of sp³-hybridized carbons (Fsp3) is 0.636. The molecule has 0 N–H and O–H groups in total. The largest absolute Gasteiger partial charge is 0.244 e. The molecular formula is C11H15Br2NO2S2. The molecule has 2 heterocycles. The molecule has 18 heavy (non-hydrogen) atoms. The summed E-state index contributed by atoms with van der Waals surface area (Å²) in [6, 6.07) is 1.71. The number of hydrogen-bond donors (Lipinski definition) is 0. The number of nitrogens with zero attached hydrogens (tertiary/aromatic N) is 1. The van der Waals surface area contributed by atoms with E-state index in [0.29, 0.717) is 28.7 Å². The van der Waals surface area contributed by atoms with Crippen LogP contribution in [0, 0.1) is 12.8 Å². The van der Waals surface area contributed by atoms with Crippen LogP contribution in [-0.2, 0) is 10.0 Å². The molecule has 0 saturated carbocycles. The quantitative estimate of drug-likeness (QED) is 0.690. The van der Waals surface area contributed by atoms with E-state index >= 15 is 0 Å². The lowest BCUT2D eigenvalue weighted by Crippen LogP contribution is -2.43. The van der Waals surface area contributed by atoms with Gasteiger partial charge in [0.05, 0.1) is 8.68 Å². The standard InChI is InChI=1S/C11H15Br2NO2S2/c1-7-6-14(4-3-9(7)12)18(15,16)10-5-11(13)17-8(10)2/h5,7,9H,3-4,6H2,1-2H3. The molecule has 0 bridgehead atoms. The molecule has 1 saturated heterocycles. The topological polar surface area (TPSA) is 37.4 Å². The van der Waals surface area contributed by atoms with Gasteiger partial charge in [0, 0.05) is 22.8 Å². The van der Waals surface area contributed by atoms with E-state index in [2.05, 4.69) is 38.8 Å². The van der Waals surface area contributed by atoms with Gasteiger partial charge in [-0.3, -0.25) is 0 Å². The van der Waals surface area contributed by atoms with Crippen molar-refractivity contribution in [1.82, 2.24) is 4.31 Å². The third-order valence-electron chi connectivity index (χ3n) is 3.22. The van der Waals surface area contributed by atoms with Crippen LogP contribution in [0.3, 0.4) is 0 Å². The molecule has 1 fully saturated rings. The molecule has 2 unspecified atom stereocenters. The highest BCUT2D eigenvalue weighted by Crippen LogP contribution is 2.34. The molecule has 7 heteroatoms. The lowest BCUT2D eigenvalue weighted by Gasteiger charge is -2.33. The molecule has 0 aliphatic carbocycles. The molecule has 1 aromatic rings. The fourth-order valence-electron chi connectivity index (χ4n) is 2.12. The summed E-state index contributed by atoms with van der Waals surface area (Å²) in [5, 5.41) is 0. The number of sulfonamides is 1. The van der Waals surface area contributed by atoms with Gasteiger partial charge < -0.3 is 0 Å². The Morgan fingerprint density at radius 3 is 2.67 bits per heavy atom. The minimum absolute atomic E-state index is 0.343. The minimum Gasteiger partial charge on any atom is -0.207 e. The van der Waals surface area contributed by atoms with Crippen LogP contribution in [0.1, 0.15) is 18.2 Å². The summed E-state index contributed by atoms with van der Waals surface area (Å²) in [6.07, 6.45) is 0.866. The van der Waals surface area contributed by atoms with Gasteiger partial charge in [-0.05, 0) is 41.3 Å². The maximum Gasteiger partial charge on any atom is 0.244 e. The molecule has 0 aromatic carbocycles. The van der Waals surface area contributed by atoms with Crippen molar-refractivity contribution in [2.45, 2.75) is 30.0 Å². The number of hydrogen-bond acceptors (Lipinski definition) is 3. The first-order valence-electron chi connectivity index (χ1n) is 5.72. The van der Waals surface area contributed by atoms with Crippen LogP contribution in [0.15, 0.2) is 14.7 Å². The molecule has 1 aliphatic heterocycles. The van der Waals surface area contributed by atoms with E-state index in [0.717, 1.165) is 15.1 Å². The number of alkyl halides is 1. The van der Waals surface area contributed by atoms with Gasteiger partial charge in [-0.15, -0.1) is 11.3 Å². The van der Waals surface area contributed by atoms with Crippen molar-refractivity contribution in [3.05, 3.63) is 14.7 Å². The van der Waals surface area contributed by atoms with Crippen molar-refractivity contribution in [2.24, 2.45) is 5.92 Å². The third kappa shape index (κ3) is 2.85. The Hall–Kier alpha value is 0.570. The van der Waals surface area contributed by atoms with E-state index < -0.39 is 10.0 Å². The van der Waals surface area contributed by atoms with E-state index in [1.165, 1.54) is 11.3 Å². The van der Waals surface area contributed by atoms with E-state index in [9.17, 15) is 8.42 Å². The first-order valence-corrected chi connectivity index (χ1v) is 9.69. The number of piperidine rings is 1. The summed E-state index contributed by atoms with van der Waals surface area (Å²) in [4.78, 5) is 1.70. The van der Waals surface area contributed by atoms with Gasteiger partial charge in [0.15, 0.2) is 0 Å². The molecule has 3 nitrogen and oxygen atoms in total. The Labute approximate surface area is 129 Å². The monoisotopic (exact) mass is 415 g/mol. The third-order valence-corrected chi connectivity index (χ3v) is 8.26. The van der Waals surface area contributed by atoms with Crippen molar-refractivity contribution in [1.29, 1.82) is 0 Å². The van der Waals surface area contributed by atoms with Crippen molar-refractivity contribution >= 4 is 53.2 Å². The summed E-state index contributed by atoms with van der Waals surface area (Å²) in [6.45, 7) is 5.11. The lowest BCUT2D eigenvalue weighted by atomic mass is 10.0. The van der Waals surface area contributed by atoms with Crippen LogP contribution in [0.5, 0.6) is 0 Å².